The van der Waals surface area contributed by atoms with Gasteiger partial charge in [0.2, 0.25) is 0 Å². The zero-order chi connectivity index (χ0) is 12.4. The van der Waals surface area contributed by atoms with E-state index in [0.717, 1.165) is 32.8 Å². The van der Waals surface area contributed by atoms with Gasteiger partial charge in [-0.25, -0.2) is 0 Å². The first-order chi connectivity index (χ1) is 7.67. The van der Waals surface area contributed by atoms with Crippen LogP contribution in [0.4, 0.5) is 0 Å². The molecule has 0 heterocycles. The molecule has 0 aromatic rings. The van der Waals surface area contributed by atoms with Crippen LogP contribution in [0.2, 0.25) is 0 Å². The minimum absolute atomic E-state index is 0.239. The monoisotopic (exact) mass is 231 g/mol. The highest BCUT2D eigenvalue weighted by molar-refractivity contribution is 4.79. The van der Waals surface area contributed by atoms with Crippen molar-refractivity contribution in [2.45, 2.75) is 53.2 Å². The van der Waals surface area contributed by atoms with E-state index in [4.69, 9.17) is 9.47 Å². The molecule has 0 bridgehead atoms. The van der Waals surface area contributed by atoms with Crippen LogP contribution in [0.25, 0.3) is 0 Å². The van der Waals surface area contributed by atoms with Crippen molar-refractivity contribution in [3.05, 3.63) is 0 Å². The number of nitrogens with one attached hydrogen (secondary N) is 1. The maximum atomic E-state index is 5.82. The second-order valence-corrected chi connectivity index (χ2v) is 4.38. The van der Waals surface area contributed by atoms with Crippen LogP contribution in [0, 0.1) is 5.92 Å². The van der Waals surface area contributed by atoms with E-state index in [9.17, 15) is 0 Å². The molecule has 0 aliphatic heterocycles. The van der Waals surface area contributed by atoms with E-state index in [1.165, 1.54) is 0 Å². The summed E-state index contributed by atoms with van der Waals surface area (Å²) in [6.45, 7) is 13.9. The van der Waals surface area contributed by atoms with Crippen LogP contribution in [0.3, 0.4) is 0 Å². The molecule has 0 aliphatic carbocycles. The van der Waals surface area contributed by atoms with Gasteiger partial charge in [0.25, 0.3) is 0 Å². The van der Waals surface area contributed by atoms with Crippen molar-refractivity contribution in [1.29, 1.82) is 0 Å². The molecular formula is C13H29NO2. The average molecular weight is 231 g/mol. The Kier molecular flexibility index (Phi) is 9.99. The summed E-state index contributed by atoms with van der Waals surface area (Å²) in [5.74, 6) is 0.509. The molecule has 2 atom stereocenters. The van der Waals surface area contributed by atoms with Gasteiger partial charge in [-0.3, -0.25) is 0 Å². The smallest absolute Gasteiger partial charge is 0.0773 e. The van der Waals surface area contributed by atoms with Crippen LogP contribution in [0.1, 0.15) is 41.0 Å². The molecule has 0 amide bonds. The van der Waals surface area contributed by atoms with Crippen molar-refractivity contribution in [3.63, 3.8) is 0 Å². The average Bonchev–Trinajstić information content (AvgIpc) is 2.26. The standard InChI is InChI=1S/C13H29NO2/c1-6-9-14-12(10-15-7-2)13(11(4)5)16-8-3/h11-14H,6-10H2,1-5H3. The fraction of sp³-hybridized carbons (Fsp3) is 1.00. The van der Waals surface area contributed by atoms with Crippen LogP contribution in [0.15, 0.2) is 0 Å². The molecule has 0 aromatic carbocycles. The zero-order valence-corrected chi connectivity index (χ0v) is 11.6. The summed E-state index contributed by atoms with van der Waals surface area (Å²) < 4.78 is 11.3. The van der Waals surface area contributed by atoms with Gasteiger partial charge in [-0.2, -0.15) is 0 Å². The van der Waals surface area contributed by atoms with Crippen molar-refractivity contribution < 1.29 is 9.47 Å². The van der Waals surface area contributed by atoms with Crippen LogP contribution < -0.4 is 5.32 Å². The molecule has 0 saturated carbocycles. The molecule has 98 valence electrons. The minimum Gasteiger partial charge on any atom is -0.380 e. The fourth-order valence-electron chi connectivity index (χ4n) is 1.81. The van der Waals surface area contributed by atoms with Crippen molar-refractivity contribution in [2.24, 2.45) is 5.92 Å². The van der Waals surface area contributed by atoms with Gasteiger partial charge in [-0.1, -0.05) is 20.8 Å². The third-order valence-corrected chi connectivity index (χ3v) is 2.57. The number of hydrogen-bond donors (Lipinski definition) is 1. The van der Waals surface area contributed by atoms with E-state index in [2.05, 4.69) is 26.1 Å². The van der Waals surface area contributed by atoms with Crippen molar-refractivity contribution in [3.8, 4) is 0 Å². The molecule has 0 spiro atoms. The van der Waals surface area contributed by atoms with Gasteiger partial charge in [0.05, 0.1) is 18.8 Å². The number of rotatable bonds is 10. The summed E-state index contributed by atoms with van der Waals surface area (Å²) in [6.07, 6.45) is 1.38. The Balaban J connectivity index is 4.27. The van der Waals surface area contributed by atoms with Gasteiger partial charge >= 0.3 is 0 Å². The highest BCUT2D eigenvalue weighted by Crippen LogP contribution is 2.12. The Labute approximate surface area is 101 Å². The molecule has 0 aromatic heterocycles. The maximum Gasteiger partial charge on any atom is 0.0773 e. The lowest BCUT2D eigenvalue weighted by molar-refractivity contribution is -0.0220. The summed E-state index contributed by atoms with van der Waals surface area (Å²) >= 11 is 0. The van der Waals surface area contributed by atoms with Crippen LogP contribution in [-0.4, -0.2) is 38.5 Å². The molecule has 0 saturated heterocycles. The molecule has 0 radical (unpaired) electrons. The van der Waals surface area contributed by atoms with E-state index < -0.39 is 0 Å². The summed E-state index contributed by atoms with van der Waals surface area (Å²) in [7, 11) is 0. The van der Waals surface area contributed by atoms with Gasteiger partial charge in [-0.15, -0.1) is 0 Å². The van der Waals surface area contributed by atoms with E-state index in [1.807, 2.05) is 13.8 Å². The van der Waals surface area contributed by atoms with Gasteiger partial charge in [0.1, 0.15) is 0 Å². The van der Waals surface area contributed by atoms with Crippen LogP contribution in [-0.2, 0) is 9.47 Å². The van der Waals surface area contributed by atoms with Gasteiger partial charge in [0.15, 0.2) is 0 Å². The largest absolute Gasteiger partial charge is 0.380 e. The first kappa shape index (κ1) is 15.9. The lowest BCUT2D eigenvalue weighted by Crippen LogP contribution is -2.47. The van der Waals surface area contributed by atoms with E-state index in [1.54, 1.807) is 0 Å². The maximum absolute atomic E-state index is 5.82. The van der Waals surface area contributed by atoms with E-state index >= 15 is 0 Å². The molecular weight excluding hydrogens is 202 g/mol. The van der Waals surface area contributed by atoms with Gasteiger partial charge in [0, 0.05) is 13.2 Å². The predicted molar refractivity (Wildman–Crippen MR) is 68.8 cm³/mol. The molecule has 2 unspecified atom stereocenters. The second-order valence-electron chi connectivity index (χ2n) is 4.38. The minimum atomic E-state index is 0.239. The first-order valence-electron chi connectivity index (χ1n) is 6.59. The molecule has 0 aliphatic rings. The van der Waals surface area contributed by atoms with Crippen LogP contribution >= 0.6 is 0 Å². The van der Waals surface area contributed by atoms with Crippen molar-refractivity contribution in [1.82, 2.24) is 5.32 Å². The summed E-state index contributed by atoms with van der Waals surface area (Å²) in [5, 5.41) is 3.52. The third kappa shape index (κ3) is 6.46. The van der Waals surface area contributed by atoms with E-state index in [0.29, 0.717) is 12.0 Å². The topological polar surface area (TPSA) is 30.5 Å². The normalized spacial score (nSPS) is 15.4. The van der Waals surface area contributed by atoms with Crippen LogP contribution in [0.5, 0.6) is 0 Å². The molecule has 1 N–H and O–H groups in total. The zero-order valence-electron chi connectivity index (χ0n) is 11.6. The van der Waals surface area contributed by atoms with Gasteiger partial charge in [-0.05, 0) is 32.7 Å². The highest BCUT2D eigenvalue weighted by atomic mass is 16.5. The molecule has 3 heteroatoms. The molecule has 0 fully saturated rings. The number of ether oxygens (including phenoxy) is 2. The van der Waals surface area contributed by atoms with Crippen molar-refractivity contribution >= 4 is 0 Å². The summed E-state index contributed by atoms with van der Waals surface area (Å²) in [4.78, 5) is 0. The Hall–Kier alpha value is -0.120. The predicted octanol–water partition coefficient (Wildman–Crippen LogP) is 2.45. The van der Waals surface area contributed by atoms with Crippen molar-refractivity contribution in [2.75, 3.05) is 26.4 Å². The Morgan fingerprint density at radius 2 is 1.75 bits per heavy atom. The summed E-state index contributed by atoms with van der Waals surface area (Å²) in [6, 6.07) is 0.305. The Morgan fingerprint density at radius 3 is 2.19 bits per heavy atom. The Morgan fingerprint density at radius 1 is 1.06 bits per heavy atom. The highest BCUT2D eigenvalue weighted by Gasteiger charge is 2.24. The Bertz CT molecular complexity index is 143. The number of hydrogen-bond acceptors (Lipinski definition) is 3. The summed E-state index contributed by atoms with van der Waals surface area (Å²) in [5.41, 5.74) is 0. The third-order valence-electron chi connectivity index (χ3n) is 2.57. The van der Waals surface area contributed by atoms with Gasteiger partial charge < -0.3 is 14.8 Å². The molecule has 16 heavy (non-hydrogen) atoms. The SMILES string of the molecule is CCCNC(COCC)C(OCC)C(C)C. The van der Waals surface area contributed by atoms with E-state index in [-0.39, 0.29) is 6.10 Å². The molecule has 0 rings (SSSR count). The quantitative estimate of drug-likeness (QED) is 0.626. The molecule has 3 nitrogen and oxygen atoms in total. The second kappa shape index (κ2) is 10.1. The first-order valence-corrected chi connectivity index (χ1v) is 6.59. The fourth-order valence-corrected chi connectivity index (χ4v) is 1.81. The lowest BCUT2D eigenvalue weighted by atomic mass is 9.99. The lowest BCUT2D eigenvalue weighted by Gasteiger charge is -2.30.